The van der Waals surface area contributed by atoms with E-state index >= 15 is 0 Å². The third-order valence-corrected chi connectivity index (χ3v) is 5.79. The average molecular weight is 397 g/mol. The molecular formula is C20H20N4OS2. The number of hydrogen-bond acceptors (Lipinski definition) is 6. The summed E-state index contributed by atoms with van der Waals surface area (Å²) < 4.78 is 0.751. The summed E-state index contributed by atoms with van der Waals surface area (Å²) in [5, 5.41) is 14.7. The molecule has 3 rings (SSSR count). The molecular weight excluding hydrogens is 376 g/mol. The van der Waals surface area contributed by atoms with Crippen LogP contribution in [-0.4, -0.2) is 27.9 Å². The van der Waals surface area contributed by atoms with E-state index in [4.69, 9.17) is 0 Å². The molecule has 0 radical (unpaired) electrons. The van der Waals surface area contributed by atoms with Gasteiger partial charge in [0.25, 0.3) is 0 Å². The van der Waals surface area contributed by atoms with Gasteiger partial charge >= 0.3 is 0 Å². The van der Waals surface area contributed by atoms with E-state index in [1.807, 2.05) is 61.5 Å². The molecule has 2 aromatic carbocycles. The van der Waals surface area contributed by atoms with Gasteiger partial charge in [0.2, 0.25) is 11.0 Å². The third-order valence-electron chi connectivity index (χ3n) is 3.72. The van der Waals surface area contributed by atoms with E-state index in [2.05, 4.69) is 27.4 Å². The number of aromatic nitrogens is 2. The monoisotopic (exact) mass is 396 g/mol. The molecule has 2 N–H and O–H groups in total. The molecule has 0 aliphatic heterocycles. The van der Waals surface area contributed by atoms with E-state index in [0.29, 0.717) is 6.54 Å². The van der Waals surface area contributed by atoms with Gasteiger partial charge < -0.3 is 10.6 Å². The number of carbonyl (C=O) groups is 1. The molecule has 138 valence electrons. The van der Waals surface area contributed by atoms with Crippen molar-refractivity contribution in [3.8, 4) is 11.1 Å². The van der Waals surface area contributed by atoms with Gasteiger partial charge in [0, 0.05) is 17.8 Å². The maximum Gasteiger partial charge on any atom is 0.237 e. The quantitative estimate of drug-likeness (QED) is 0.418. The summed E-state index contributed by atoms with van der Waals surface area (Å²) in [4.78, 5) is 12.7. The first-order chi connectivity index (χ1) is 13.2. The van der Waals surface area contributed by atoms with Crippen LogP contribution in [0, 0.1) is 0 Å². The van der Waals surface area contributed by atoms with Crippen LogP contribution in [-0.2, 0) is 4.79 Å². The van der Waals surface area contributed by atoms with Gasteiger partial charge in [-0.2, -0.15) is 0 Å². The molecule has 0 aliphatic carbocycles. The lowest BCUT2D eigenvalue weighted by Crippen LogP contribution is -2.22. The van der Waals surface area contributed by atoms with Crippen LogP contribution in [0.15, 0.2) is 71.6 Å². The maximum absolute atomic E-state index is 12.7. The second-order valence-electron chi connectivity index (χ2n) is 5.70. The molecule has 0 spiro atoms. The lowest BCUT2D eigenvalue weighted by molar-refractivity contribution is -0.115. The standard InChI is InChI=1S/C20H20N4OS2/c1-3-13-21-19-23-24-20(27-19)26-14(2)18(25)22-17-12-8-7-11-16(17)15-9-5-4-6-10-15/h3-12,14H,1,13H2,2H3,(H,21,23)(H,22,25)/t14-/m0/s1. The Kier molecular flexibility index (Phi) is 6.62. The molecule has 0 saturated carbocycles. The van der Waals surface area contributed by atoms with E-state index in [9.17, 15) is 4.79 Å². The Hall–Kier alpha value is -2.64. The molecule has 0 bridgehead atoms. The van der Waals surface area contributed by atoms with Crippen LogP contribution in [0.4, 0.5) is 10.8 Å². The molecule has 0 aliphatic rings. The van der Waals surface area contributed by atoms with Crippen LogP contribution in [0.1, 0.15) is 6.92 Å². The topological polar surface area (TPSA) is 66.9 Å². The van der Waals surface area contributed by atoms with E-state index in [1.165, 1.54) is 23.1 Å². The van der Waals surface area contributed by atoms with Gasteiger partial charge in [-0.15, -0.1) is 16.8 Å². The van der Waals surface area contributed by atoms with Crippen molar-refractivity contribution in [1.82, 2.24) is 10.2 Å². The molecule has 1 amide bonds. The second-order valence-corrected chi connectivity index (χ2v) is 8.27. The van der Waals surface area contributed by atoms with Crippen molar-refractivity contribution in [3.05, 3.63) is 67.3 Å². The van der Waals surface area contributed by atoms with E-state index in [0.717, 1.165) is 26.3 Å². The Balaban J connectivity index is 1.67. The Morgan fingerprint density at radius 3 is 2.70 bits per heavy atom. The highest BCUT2D eigenvalue weighted by atomic mass is 32.2. The Bertz CT molecular complexity index is 911. The van der Waals surface area contributed by atoms with Gasteiger partial charge in [0.15, 0.2) is 4.34 Å². The third kappa shape index (κ3) is 5.18. The maximum atomic E-state index is 12.7. The average Bonchev–Trinajstić information content (AvgIpc) is 3.14. The minimum Gasteiger partial charge on any atom is -0.357 e. The minimum atomic E-state index is -0.297. The predicted molar refractivity (Wildman–Crippen MR) is 114 cm³/mol. The summed E-state index contributed by atoms with van der Waals surface area (Å²) in [6, 6.07) is 17.8. The van der Waals surface area contributed by atoms with E-state index in [-0.39, 0.29) is 11.2 Å². The van der Waals surface area contributed by atoms with Crippen molar-refractivity contribution in [2.24, 2.45) is 0 Å². The number of para-hydroxylation sites is 1. The van der Waals surface area contributed by atoms with Crippen LogP contribution in [0.2, 0.25) is 0 Å². The number of amides is 1. The van der Waals surface area contributed by atoms with Crippen molar-refractivity contribution in [3.63, 3.8) is 0 Å². The zero-order valence-corrected chi connectivity index (χ0v) is 16.5. The largest absolute Gasteiger partial charge is 0.357 e. The zero-order valence-electron chi connectivity index (χ0n) is 14.9. The fraction of sp³-hybridized carbons (Fsp3) is 0.150. The number of benzene rings is 2. The number of thioether (sulfide) groups is 1. The molecule has 1 atom stereocenters. The highest BCUT2D eigenvalue weighted by molar-refractivity contribution is 8.02. The van der Waals surface area contributed by atoms with Crippen LogP contribution < -0.4 is 10.6 Å². The van der Waals surface area contributed by atoms with Gasteiger partial charge in [0.1, 0.15) is 0 Å². The van der Waals surface area contributed by atoms with Crippen LogP contribution in [0.5, 0.6) is 0 Å². The first-order valence-electron chi connectivity index (χ1n) is 8.47. The van der Waals surface area contributed by atoms with Crippen LogP contribution >= 0.6 is 23.1 Å². The minimum absolute atomic E-state index is 0.0702. The molecule has 0 fully saturated rings. The van der Waals surface area contributed by atoms with Gasteiger partial charge in [-0.05, 0) is 18.6 Å². The Labute approximate surface area is 166 Å². The summed E-state index contributed by atoms with van der Waals surface area (Å²) in [6.07, 6.45) is 1.76. The number of hydrogen-bond donors (Lipinski definition) is 2. The lowest BCUT2D eigenvalue weighted by atomic mass is 10.0. The van der Waals surface area contributed by atoms with Gasteiger partial charge in [-0.1, -0.05) is 77.7 Å². The molecule has 27 heavy (non-hydrogen) atoms. The van der Waals surface area contributed by atoms with Crippen molar-refractivity contribution < 1.29 is 4.79 Å². The molecule has 5 nitrogen and oxygen atoms in total. The predicted octanol–water partition coefficient (Wildman–Crippen LogP) is 4.92. The molecule has 0 unspecified atom stereocenters. The Morgan fingerprint density at radius 2 is 1.93 bits per heavy atom. The smallest absolute Gasteiger partial charge is 0.237 e. The first kappa shape index (κ1) is 19.1. The molecule has 0 saturated heterocycles. The van der Waals surface area contributed by atoms with Crippen LogP contribution in [0.25, 0.3) is 11.1 Å². The van der Waals surface area contributed by atoms with Crippen LogP contribution in [0.3, 0.4) is 0 Å². The van der Waals surface area contributed by atoms with Crippen molar-refractivity contribution in [1.29, 1.82) is 0 Å². The summed E-state index contributed by atoms with van der Waals surface area (Å²) in [5.41, 5.74) is 2.86. The number of carbonyl (C=O) groups excluding carboxylic acids is 1. The van der Waals surface area contributed by atoms with Gasteiger partial charge in [-0.25, -0.2) is 0 Å². The summed E-state index contributed by atoms with van der Waals surface area (Å²) in [6.45, 7) is 6.15. The van der Waals surface area contributed by atoms with Gasteiger partial charge in [0.05, 0.1) is 5.25 Å². The summed E-state index contributed by atoms with van der Waals surface area (Å²) in [5.74, 6) is -0.0702. The molecule has 1 heterocycles. The van der Waals surface area contributed by atoms with E-state index in [1.54, 1.807) is 6.08 Å². The summed E-state index contributed by atoms with van der Waals surface area (Å²) >= 11 is 2.82. The van der Waals surface area contributed by atoms with E-state index < -0.39 is 0 Å². The van der Waals surface area contributed by atoms with Crippen molar-refractivity contribution in [2.45, 2.75) is 16.5 Å². The fourth-order valence-electron chi connectivity index (χ4n) is 2.39. The number of nitrogens with one attached hydrogen (secondary N) is 2. The highest BCUT2D eigenvalue weighted by Gasteiger charge is 2.18. The lowest BCUT2D eigenvalue weighted by Gasteiger charge is -2.14. The normalized spacial score (nSPS) is 11.6. The zero-order chi connectivity index (χ0) is 19.1. The van der Waals surface area contributed by atoms with Crippen molar-refractivity contribution >= 4 is 39.8 Å². The molecule has 3 aromatic rings. The SMILES string of the molecule is C=CCNc1nnc(S[C@@H](C)C(=O)Nc2ccccc2-c2ccccc2)s1. The number of rotatable bonds is 8. The molecule has 1 aromatic heterocycles. The molecule has 7 heteroatoms. The first-order valence-corrected chi connectivity index (χ1v) is 10.2. The van der Waals surface area contributed by atoms with Crippen molar-refractivity contribution in [2.75, 3.05) is 17.2 Å². The number of nitrogens with zero attached hydrogens (tertiary/aromatic N) is 2. The fourth-order valence-corrected chi connectivity index (χ4v) is 4.29. The van der Waals surface area contributed by atoms with Gasteiger partial charge in [-0.3, -0.25) is 4.79 Å². The highest BCUT2D eigenvalue weighted by Crippen LogP contribution is 2.31. The number of anilines is 2. The second kappa shape index (κ2) is 9.34. The summed E-state index contributed by atoms with van der Waals surface area (Å²) in [7, 11) is 0. The Morgan fingerprint density at radius 1 is 1.19 bits per heavy atom.